The molecule has 3 N–H and O–H groups in total. The van der Waals surface area contributed by atoms with Crippen molar-refractivity contribution in [3.8, 4) is 5.75 Å². The number of hydrogen-bond acceptors (Lipinski definition) is 4. The van der Waals surface area contributed by atoms with Crippen LogP contribution in [0.2, 0.25) is 0 Å². The van der Waals surface area contributed by atoms with Gasteiger partial charge in [-0.3, -0.25) is 9.97 Å². The van der Waals surface area contributed by atoms with E-state index in [-0.39, 0.29) is 5.75 Å². The van der Waals surface area contributed by atoms with Gasteiger partial charge in [-0.2, -0.15) is 0 Å². The number of benzene rings is 1. The molecular formula is C12H9N3O. The molecule has 2 heterocycles. The molecule has 0 saturated heterocycles. The highest BCUT2D eigenvalue weighted by Gasteiger charge is 2.11. The van der Waals surface area contributed by atoms with Crippen LogP contribution in [0.3, 0.4) is 0 Å². The van der Waals surface area contributed by atoms with Crippen LogP contribution in [0.1, 0.15) is 0 Å². The highest BCUT2D eigenvalue weighted by molar-refractivity contribution is 6.12. The lowest BCUT2D eigenvalue weighted by Gasteiger charge is -2.07. The van der Waals surface area contributed by atoms with E-state index in [0.717, 1.165) is 16.3 Å². The van der Waals surface area contributed by atoms with E-state index in [4.69, 9.17) is 5.73 Å². The molecule has 3 rings (SSSR count). The van der Waals surface area contributed by atoms with Gasteiger partial charge in [-0.25, -0.2) is 0 Å². The Kier molecular flexibility index (Phi) is 1.71. The van der Waals surface area contributed by atoms with Crippen LogP contribution in [0.5, 0.6) is 5.75 Å². The molecule has 0 spiro atoms. The molecule has 3 aromatic rings. The number of aromatic nitrogens is 2. The Bertz CT molecular complexity index is 633. The van der Waals surface area contributed by atoms with Gasteiger partial charge in [0.25, 0.3) is 0 Å². The number of nitrogen functional groups attached to an aromatic ring is 1. The first kappa shape index (κ1) is 8.91. The number of fused-ring (bicyclic) bond motifs is 3. The SMILES string of the molecule is Nc1c(O)c2ncccc2c2ncccc12. The van der Waals surface area contributed by atoms with Gasteiger partial charge in [-0.1, -0.05) is 0 Å². The Morgan fingerprint density at radius 3 is 2.31 bits per heavy atom. The average molecular weight is 211 g/mol. The highest BCUT2D eigenvalue weighted by Crippen LogP contribution is 2.36. The van der Waals surface area contributed by atoms with E-state index in [2.05, 4.69) is 9.97 Å². The summed E-state index contributed by atoms with van der Waals surface area (Å²) in [6, 6.07) is 7.31. The molecule has 0 fully saturated rings. The van der Waals surface area contributed by atoms with Crippen molar-refractivity contribution >= 4 is 27.5 Å². The summed E-state index contributed by atoms with van der Waals surface area (Å²) >= 11 is 0. The quantitative estimate of drug-likeness (QED) is 0.339. The summed E-state index contributed by atoms with van der Waals surface area (Å²) in [5, 5.41) is 11.5. The molecule has 16 heavy (non-hydrogen) atoms. The fourth-order valence-corrected chi connectivity index (χ4v) is 1.88. The van der Waals surface area contributed by atoms with E-state index in [1.807, 2.05) is 18.2 Å². The number of nitrogens with zero attached hydrogens (tertiary/aromatic N) is 2. The Labute approximate surface area is 91.4 Å². The molecule has 4 nitrogen and oxygen atoms in total. The number of phenolic OH excluding ortho intramolecular Hbond substituents is 1. The van der Waals surface area contributed by atoms with Gasteiger partial charge in [-0.05, 0) is 24.3 Å². The molecule has 1 aromatic carbocycles. The van der Waals surface area contributed by atoms with Gasteiger partial charge in [0.1, 0.15) is 5.52 Å². The maximum absolute atomic E-state index is 9.94. The fraction of sp³-hybridized carbons (Fsp3) is 0. The molecule has 0 aliphatic carbocycles. The summed E-state index contributed by atoms with van der Waals surface area (Å²) in [4.78, 5) is 8.40. The summed E-state index contributed by atoms with van der Waals surface area (Å²) in [6.07, 6.45) is 3.32. The largest absolute Gasteiger partial charge is 0.504 e. The van der Waals surface area contributed by atoms with Gasteiger partial charge in [-0.15, -0.1) is 0 Å². The van der Waals surface area contributed by atoms with Crippen LogP contribution in [0.25, 0.3) is 21.8 Å². The molecule has 0 radical (unpaired) electrons. The molecule has 4 heteroatoms. The zero-order chi connectivity index (χ0) is 11.1. The smallest absolute Gasteiger partial charge is 0.165 e. The number of pyridine rings is 2. The van der Waals surface area contributed by atoms with Gasteiger partial charge in [0.2, 0.25) is 0 Å². The van der Waals surface area contributed by atoms with Crippen LogP contribution in [-0.4, -0.2) is 15.1 Å². The Balaban J connectivity index is 2.69. The first-order valence-electron chi connectivity index (χ1n) is 4.89. The second-order valence-corrected chi connectivity index (χ2v) is 3.56. The lowest BCUT2D eigenvalue weighted by atomic mass is 10.1. The van der Waals surface area contributed by atoms with Crippen molar-refractivity contribution in [2.24, 2.45) is 0 Å². The average Bonchev–Trinajstić information content (AvgIpc) is 2.36. The lowest BCUT2D eigenvalue weighted by molar-refractivity contribution is 0.483. The third-order valence-corrected chi connectivity index (χ3v) is 2.64. The molecule has 0 aliphatic rings. The molecule has 0 atom stereocenters. The van der Waals surface area contributed by atoms with Crippen molar-refractivity contribution in [1.82, 2.24) is 9.97 Å². The summed E-state index contributed by atoms with van der Waals surface area (Å²) < 4.78 is 0. The molecule has 0 unspecified atom stereocenters. The molecule has 78 valence electrons. The van der Waals surface area contributed by atoms with Crippen LogP contribution in [0, 0.1) is 0 Å². The topological polar surface area (TPSA) is 72.0 Å². The highest BCUT2D eigenvalue weighted by atomic mass is 16.3. The van der Waals surface area contributed by atoms with Crippen LogP contribution in [0.4, 0.5) is 5.69 Å². The Morgan fingerprint density at radius 1 is 0.938 bits per heavy atom. The number of nitrogens with two attached hydrogens (primary N) is 1. The minimum atomic E-state index is 0.0242. The van der Waals surface area contributed by atoms with Gasteiger partial charge in [0.05, 0.1) is 11.2 Å². The number of anilines is 1. The van der Waals surface area contributed by atoms with Gasteiger partial charge in [0, 0.05) is 23.2 Å². The van der Waals surface area contributed by atoms with E-state index >= 15 is 0 Å². The van der Waals surface area contributed by atoms with E-state index < -0.39 is 0 Å². The Hall–Kier alpha value is -2.36. The van der Waals surface area contributed by atoms with Gasteiger partial charge in [0.15, 0.2) is 5.75 Å². The second kappa shape index (κ2) is 3.06. The van der Waals surface area contributed by atoms with Crippen LogP contribution < -0.4 is 5.73 Å². The molecule has 0 saturated carbocycles. The molecule has 0 amide bonds. The number of phenols is 1. The van der Waals surface area contributed by atoms with Crippen LogP contribution in [0.15, 0.2) is 36.7 Å². The van der Waals surface area contributed by atoms with Gasteiger partial charge >= 0.3 is 0 Å². The van der Waals surface area contributed by atoms with Crippen molar-refractivity contribution in [2.45, 2.75) is 0 Å². The maximum atomic E-state index is 9.94. The zero-order valence-electron chi connectivity index (χ0n) is 8.38. The zero-order valence-corrected chi connectivity index (χ0v) is 8.38. The monoisotopic (exact) mass is 211 g/mol. The lowest BCUT2D eigenvalue weighted by Crippen LogP contribution is -1.92. The van der Waals surface area contributed by atoms with E-state index in [1.165, 1.54) is 0 Å². The molecular weight excluding hydrogens is 202 g/mol. The summed E-state index contributed by atoms with van der Waals surface area (Å²) in [5.74, 6) is 0.0242. The summed E-state index contributed by atoms with van der Waals surface area (Å²) in [5.41, 5.74) is 7.44. The first-order valence-corrected chi connectivity index (χ1v) is 4.89. The fourth-order valence-electron chi connectivity index (χ4n) is 1.88. The van der Waals surface area contributed by atoms with Crippen LogP contribution in [-0.2, 0) is 0 Å². The number of aromatic hydroxyl groups is 1. The minimum Gasteiger partial charge on any atom is -0.504 e. The summed E-state index contributed by atoms with van der Waals surface area (Å²) in [7, 11) is 0. The van der Waals surface area contributed by atoms with E-state index in [9.17, 15) is 5.11 Å². The number of hydrogen-bond donors (Lipinski definition) is 2. The van der Waals surface area contributed by atoms with Crippen molar-refractivity contribution in [3.05, 3.63) is 36.7 Å². The van der Waals surface area contributed by atoms with Crippen LogP contribution >= 0.6 is 0 Å². The molecule has 0 bridgehead atoms. The van der Waals surface area contributed by atoms with E-state index in [0.29, 0.717) is 11.2 Å². The Morgan fingerprint density at radius 2 is 1.56 bits per heavy atom. The molecule has 2 aromatic heterocycles. The predicted molar refractivity (Wildman–Crippen MR) is 63.1 cm³/mol. The van der Waals surface area contributed by atoms with Crippen molar-refractivity contribution in [2.75, 3.05) is 5.73 Å². The summed E-state index contributed by atoms with van der Waals surface area (Å²) in [6.45, 7) is 0. The molecule has 0 aliphatic heterocycles. The third kappa shape index (κ3) is 1.04. The normalized spacial score (nSPS) is 11.0. The maximum Gasteiger partial charge on any atom is 0.165 e. The predicted octanol–water partition coefficient (Wildman–Crippen LogP) is 2.07. The number of rotatable bonds is 0. The minimum absolute atomic E-state index is 0.0242. The van der Waals surface area contributed by atoms with E-state index in [1.54, 1.807) is 18.5 Å². The van der Waals surface area contributed by atoms with Crippen molar-refractivity contribution in [1.29, 1.82) is 0 Å². The third-order valence-electron chi connectivity index (χ3n) is 2.64. The standard InChI is InChI=1S/C12H9N3O/c13-9-7-3-1-5-14-10(7)8-4-2-6-15-11(8)12(9)16/h1-6,16H,13H2. The van der Waals surface area contributed by atoms with Gasteiger partial charge < -0.3 is 10.8 Å². The van der Waals surface area contributed by atoms with Crippen molar-refractivity contribution < 1.29 is 5.11 Å². The second-order valence-electron chi connectivity index (χ2n) is 3.56. The first-order chi connectivity index (χ1) is 7.79. The van der Waals surface area contributed by atoms with Crippen molar-refractivity contribution in [3.63, 3.8) is 0 Å².